The number of hydrogen-bond acceptors (Lipinski definition) is 4. The maximum Gasteiger partial charge on any atom is 0.278 e. The highest BCUT2D eigenvalue weighted by atomic mass is 79.9. The molecule has 0 radical (unpaired) electrons. The van der Waals surface area contributed by atoms with Crippen LogP contribution in [0.2, 0.25) is 0 Å². The molecule has 0 bridgehead atoms. The third kappa shape index (κ3) is 2.52. The Labute approximate surface area is 151 Å². The zero-order valence-corrected chi connectivity index (χ0v) is 15.7. The number of benzene rings is 2. The number of fused-ring (bicyclic) bond motifs is 2. The summed E-state index contributed by atoms with van der Waals surface area (Å²) in [5.41, 5.74) is 1.39. The molecule has 3 aromatic rings. The van der Waals surface area contributed by atoms with Gasteiger partial charge >= 0.3 is 0 Å². The predicted octanol–water partition coefficient (Wildman–Crippen LogP) is 5.50. The van der Waals surface area contributed by atoms with E-state index >= 15 is 0 Å². The molecule has 0 unspecified atom stereocenters. The molecule has 0 N–H and O–H groups in total. The molecule has 0 aliphatic carbocycles. The molecule has 7 heteroatoms. The first-order valence-corrected chi connectivity index (χ1v) is 10.6. The molecule has 0 fully saturated rings. The van der Waals surface area contributed by atoms with E-state index in [0.29, 0.717) is 15.6 Å². The first-order chi connectivity index (χ1) is 11.1. The average molecular weight is 424 g/mol. The molecule has 0 amide bonds. The van der Waals surface area contributed by atoms with Gasteiger partial charge in [-0.3, -0.25) is 0 Å². The lowest BCUT2D eigenvalue weighted by Crippen LogP contribution is -2.28. The Hall–Kier alpha value is -1.28. The zero-order valence-electron chi connectivity index (χ0n) is 11.6. The van der Waals surface area contributed by atoms with Crippen molar-refractivity contribution < 1.29 is 8.42 Å². The van der Waals surface area contributed by atoms with Gasteiger partial charge in [-0.2, -0.15) is 8.42 Å². The molecule has 3 nitrogen and oxygen atoms in total. The highest BCUT2D eigenvalue weighted by Gasteiger charge is 2.34. The fourth-order valence-electron chi connectivity index (χ4n) is 2.46. The van der Waals surface area contributed by atoms with Crippen molar-refractivity contribution in [1.29, 1.82) is 0 Å². The minimum Gasteiger partial charge on any atom is -0.232 e. The molecule has 23 heavy (non-hydrogen) atoms. The zero-order chi connectivity index (χ0) is 16.0. The second-order valence-corrected chi connectivity index (χ2v) is 10.4. The normalized spacial score (nSPS) is 13.5. The van der Waals surface area contributed by atoms with Crippen molar-refractivity contribution in [2.75, 3.05) is 4.31 Å². The number of hydrogen-bond donors (Lipinski definition) is 0. The van der Waals surface area contributed by atoms with Crippen LogP contribution in [0.5, 0.6) is 0 Å². The first kappa shape index (κ1) is 15.3. The van der Waals surface area contributed by atoms with E-state index in [9.17, 15) is 8.42 Å². The molecular formula is C16H10BrNO2S3. The average Bonchev–Trinajstić information content (AvgIpc) is 2.99. The summed E-state index contributed by atoms with van der Waals surface area (Å²) in [6.07, 6.45) is 0. The van der Waals surface area contributed by atoms with E-state index in [1.807, 2.05) is 48.5 Å². The minimum atomic E-state index is -3.66. The highest BCUT2D eigenvalue weighted by Crippen LogP contribution is 2.50. The Morgan fingerprint density at radius 3 is 1.91 bits per heavy atom. The van der Waals surface area contributed by atoms with Gasteiger partial charge < -0.3 is 0 Å². The smallest absolute Gasteiger partial charge is 0.232 e. The van der Waals surface area contributed by atoms with Crippen molar-refractivity contribution in [2.24, 2.45) is 0 Å². The summed E-state index contributed by atoms with van der Waals surface area (Å²) in [6.45, 7) is 0. The topological polar surface area (TPSA) is 37.4 Å². The molecule has 0 atom stereocenters. The van der Waals surface area contributed by atoms with Crippen molar-refractivity contribution in [3.8, 4) is 0 Å². The van der Waals surface area contributed by atoms with Crippen LogP contribution >= 0.6 is 39.0 Å². The van der Waals surface area contributed by atoms with E-state index in [1.54, 1.807) is 23.9 Å². The van der Waals surface area contributed by atoms with Crippen LogP contribution in [0.1, 0.15) is 0 Å². The van der Waals surface area contributed by atoms with E-state index < -0.39 is 10.0 Å². The Balaban J connectivity index is 1.98. The van der Waals surface area contributed by atoms with E-state index in [-0.39, 0.29) is 0 Å². The largest absolute Gasteiger partial charge is 0.278 e. The van der Waals surface area contributed by atoms with Gasteiger partial charge in [-0.1, -0.05) is 36.0 Å². The molecule has 2 heterocycles. The molecule has 0 saturated carbocycles. The molecular weight excluding hydrogens is 414 g/mol. The fraction of sp³-hybridized carbons (Fsp3) is 0. The quantitative estimate of drug-likeness (QED) is 0.545. The number of sulfonamides is 1. The molecule has 4 rings (SSSR count). The van der Waals surface area contributed by atoms with Gasteiger partial charge in [0.25, 0.3) is 10.0 Å². The van der Waals surface area contributed by atoms with Crippen LogP contribution in [0.4, 0.5) is 11.4 Å². The Morgan fingerprint density at radius 2 is 1.39 bits per heavy atom. The number of anilines is 2. The van der Waals surface area contributed by atoms with Crippen LogP contribution in [0.3, 0.4) is 0 Å². The Bertz CT molecular complexity index is 952. The van der Waals surface area contributed by atoms with Gasteiger partial charge in [-0.15, -0.1) is 11.3 Å². The van der Waals surface area contributed by atoms with Gasteiger partial charge in [-0.05, 0) is 52.3 Å². The van der Waals surface area contributed by atoms with Crippen LogP contribution in [0.15, 0.2) is 78.5 Å². The molecule has 0 spiro atoms. The van der Waals surface area contributed by atoms with Gasteiger partial charge in [-0.25, -0.2) is 4.31 Å². The van der Waals surface area contributed by atoms with Crippen LogP contribution in [0.25, 0.3) is 0 Å². The Kier molecular flexibility index (Phi) is 3.76. The SMILES string of the molecule is O=S(=O)(c1ccc(Br)s1)N1c2ccccc2Sc2ccccc21. The van der Waals surface area contributed by atoms with Gasteiger partial charge in [0.05, 0.1) is 15.2 Å². The molecule has 1 aliphatic heterocycles. The maximum atomic E-state index is 13.2. The number of nitrogens with zero attached hydrogens (tertiary/aromatic N) is 1. The van der Waals surface area contributed by atoms with Crippen molar-refractivity contribution in [2.45, 2.75) is 14.0 Å². The number of para-hydroxylation sites is 2. The van der Waals surface area contributed by atoms with Gasteiger partial charge in [0.2, 0.25) is 0 Å². The van der Waals surface area contributed by atoms with E-state index in [2.05, 4.69) is 15.9 Å². The van der Waals surface area contributed by atoms with E-state index in [0.717, 1.165) is 13.6 Å². The van der Waals surface area contributed by atoms with Gasteiger partial charge in [0.1, 0.15) is 4.21 Å². The summed E-state index contributed by atoms with van der Waals surface area (Å²) in [7, 11) is -3.66. The Morgan fingerprint density at radius 1 is 0.826 bits per heavy atom. The van der Waals surface area contributed by atoms with Gasteiger partial charge in [0, 0.05) is 9.79 Å². The number of thiophene rings is 1. The predicted molar refractivity (Wildman–Crippen MR) is 98.4 cm³/mol. The highest BCUT2D eigenvalue weighted by molar-refractivity contribution is 9.11. The lowest BCUT2D eigenvalue weighted by atomic mass is 10.2. The lowest BCUT2D eigenvalue weighted by Gasteiger charge is -2.31. The van der Waals surface area contributed by atoms with Crippen LogP contribution in [-0.2, 0) is 10.0 Å². The molecule has 1 aliphatic rings. The molecule has 1 aromatic heterocycles. The summed E-state index contributed by atoms with van der Waals surface area (Å²) in [5, 5.41) is 0. The summed E-state index contributed by atoms with van der Waals surface area (Å²) in [6, 6.07) is 18.5. The van der Waals surface area contributed by atoms with Crippen LogP contribution < -0.4 is 4.31 Å². The second-order valence-electron chi connectivity index (χ2n) is 4.87. The summed E-state index contributed by atoms with van der Waals surface area (Å²) in [5.74, 6) is 0. The van der Waals surface area contributed by atoms with Crippen molar-refractivity contribution in [3.05, 3.63) is 64.5 Å². The summed E-state index contributed by atoms with van der Waals surface area (Å²) in [4.78, 5) is 1.87. The van der Waals surface area contributed by atoms with Crippen LogP contribution in [-0.4, -0.2) is 8.42 Å². The van der Waals surface area contributed by atoms with Crippen molar-refractivity contribution in [1.82, 2.24) is 0 Å². The monoisotopic (exact) mass is 423 g/mol. The minimum absolute atomic E-state index is 0.320. The fourth-order valence-corrected chi connectivity index (χ4v) is 7.24. The molecule has 2 aromatic carbocycles. The number of rotatable bonds is 2. The van der Waals surface area contributed by atoms with E-state index in [4.69, 9.17) is 0 Å². The third-order valence-electron chi connectivity index (χ3n) is 3.43. The number of halogens is 1. The standard InChI is InChI=1S/C16H10BrNO2S3/c17-15-9-10-16(22-15)23(19,20)18-11-5-1-3-7-13(11)21-14-8-4-2-6-12(14)18/h1-10H. The molecule has 0 saturated heterocycles. The summed E-state index contributed by atoms with van der Waals surface area (Å²) < 4.78 is 29.0. The molecule has 116 valence electrons. The van der Waals surface area contributed by atoms with Crippen LogP contribution in [0, 0.1) is 0 Å². The van der Waals surface area contributed by atoms with Crippen molar-refractivity contribution in [3.63, 3.8) is 0 Å². The first-order valence-electron chi connectivity index (χ1n) is 6.74. The summed E-state index contributed by atoms with van der Waals surface area (Å²) >= 11 is 6.15. The van der Waals surface area contributed by atoms with Gasteiger partial charge in [0.15, 0.2) is 0 Å². The third-order valence-corrected chi connectivity index (χ3v) is 8.38. The van der Waals surface area contributed by atoms with E-state index in [1.165, 1.54) is 15.6 Å². The second kappa shape index (κ2) is 5.66. The lowest BCUT2D eigenvalue weighted by molar-refractivity contribution is 0.597. The van der Waals surface area contributed by atoms with Crippen molar-refractivity contribution >= 4 is 60.4 Å². The maximum absolute atomic E-state index is 13.2.